The van der Waals surface area contributed by atoms with Gasteiger partial charge in [-0.25, -0.2) is 0 Å². The van der Waals surface area contributed by atoms with Gasteiger partial charge in [0.2, 0.25) is 5.91 Å². The van der Waals surface area contributed by atoms with Gasteiger partial charge in [-0.15, -0.1) is 0 Å². The third kappa shape index (κ3) is 3.67. The van der Waals surface area contributed by atoms with E-state index in [2.05, 4.69) is 5.32 Å². The normalized spacial score (nSPS) is 11.1. The van der Waals surface area contributed by atoms with Gasteiger partial charge in [-0.1, -0.05) is 0 Å². The molecule has 104 valence electrons. The summed E-state index contributed by atoms with van der Waals surface area (Å²) in [5.74, 6) is -1.37. The van der Waals surface area contributed by atoms with Crippen LogP contribution in [0.15, 0.2) is 23.1 Å². The van der Waals surface area contributed by atoms with Crippen molar-refractivity contribution in [2.75, 3.05) is 6.54 Å². The molecule has 1 rings (SSSR count). The number of pyridine rings is 1. The van der Waals surface area contributed by atoms with Gasteiger partial charge in [0.15, 0.2) is 0 Å². The fourth-order valence-corrected chi connectivity index (χ4v) is 1.65. The predicted octanol–water partition coefficient (Wildman–Crippen LogP) is 0.483. The lowest BCUT2D eigenvalue weighted by atomic mass is 10.0. The Balaban J connectivity index is 2.87. The van der Waals surface area contributed by atoms with Crippen molar-refractivity contribution in [3.8, 4) is 0 Å². The summed E-state index contributed by atoms with van der Waals surface area (Å²) >= 11 is 0. The van der Waals surface area contributed by atoms with Gasteiger partial charge in [0, 0.05) is 18.8 Å². The Kier molecular flexibility index (Phi) is 4.47. The zero-order chi connectivity index (χ0) is 14.6. The summed E-state index contributed by atoms with van der Waals surface area (Å²) in [6.07, 6.45) is 1.42. The molecular formula is C13H18N2O4. The third-order valence-corrected chi connectivity index (χ3v) is 2.86. The summed E-state index contributed by atoms with van der Waals surface area (Å²) in [5.41, 5.74) is -0.509. The van der Waals surface area contributed by atoms with Gasteiger partial charge in [-0.05, 0) is 32.4 Å². The van der Waals surface area contributed by atoms with Gasteiger partial charge in [0.05, 0.1) is 6.42 Å². The van der Waals surface area contributed by atoms with Gasteiger partial charge < -0.3 is 15.0 Å². The van der Waals surface area contributed by atoms with Crippen LogP contribution in [-0.4, -0.2) is 28.1 Å². The summed E-state index contributed by atoms with van der Waals surface area (Å²) < 4.78 is 1.33. The molecule has 0 aliphatic rings. The summed E-state index contributed by atoms with van der Waals surface area (Å²) in [5, 5.41) is 11.0. The number of aryl methyl sites for hydroxylation is 1. The van der Waals surface area contributed by atoms with E-state index in [0.717, 1.165) is 5.56 Å². The highest BCUT2D eigenvalue weighted by molar-refractivity contribution is 5.84. The Labute approximate surface area is 111 Å². The first kappa shape index (κ1) is 14.9. The number of carbonyl (C=O) groups is 2. The lowest BCUT2D eigenvalue weighted by Gasteiger charge is -2.26. The number of carboxylic acids is 1. The van der Waals surface area contributed by atoms with Crippen LogP contribution in [0.3, 0.4) is 0 Å². The minimum absolute atomic E-state index is 0.0399. The van der Waals surface area contributed by atoms with Crippen molar-refractivity contribution >= 4 is 11.9 Å². The van der Waals surface area contributed by atoms with Crippen LogP contribution in [0.5, 0.6) is 0 Å². The standard InChI is InChI=1S/C13H18N2O4/c1-9-5-7-15(10(16)8-9)13(2,3)12(19)14-6-4-11(17)18/h5,7-8H,4,6H2,1-3H3,(H,14,19)(H,17,18). The van der Waals surface area contributed by atoms with E-state index in [0.29, 0.717) is 0 Å². The molecule has 0 radical (unpaired) electrons. The number of carbonyl (C=O) groups excluding carboxylic acids is 1. The summed E-state index contributed by atoms with van der Waals surface area (Å²) in [6, 6.07) is 3.19. The topological polar surface area (TPSA) is 88.4 Å². The SMILES string of the molecule is Cc1ccn(C(C)(C)C(=O)NCCC(=O)O)c(=O)c1. The van der Waals surface area contributed by atoms with E-state index in [1.165, 1.54) is 10.6 Å². The van der Waals surface area contributed by atoms with E-state index in [1.807, 2.05) is 0 Å². The van der Waals surface area contributed by atoms with Gasteiger partial charge in [-0.3, -0.25) is 14.4 Å². The lowest BCUT2D eigenvalue weighted by Crippen LogP contribution is -2.48. The van der Waals surface area contributed by atoms with Crippen LogP contribution in [0.4, 0.5) is 0 Å². The number of amides is 1. The number of aliphatic carboxylic acids is 1. The number of carboxylic acid groups (broad SMARTS) is 1. The van der Waals surface area contributed by atoms with Crippen LogP contribution >= 0.6 is 0 Å². The number of nitrogens with zero attached hydrogens (tertiary/aromatic N) is 1. The molecular weight excluding hydrogens is 248 g/mol. The maximum Gasteiger partial charge on any atom is 0.305 e. The molecule has 0 spiro atoms. The Morgan fingerprint density at radius 1 is 1.42 bits per heavy atom. The molecule has 6 nitrogen and oxygen atoms in total. The molecule has 0 aliphatic carbocycles. The first-order chi connectivity index (χ1) is 8.75. The van der Waals surface area contributed by atoms with E-state index in [-0.39, 0.29) is 24.4 Å². The van der Waals surface area contributed by atoms with Gasteiger partial charge in [0.25, 0.3) is 5.56 Å². The number of nitrogens with one attached hydrogen (secondary N) is 1. The molecule has 0 unspecified atom stereocenters. The Morgan fingerprint density at radius 3 is 2.58 bits per heavy atom. The van der Waals surface area contributed by atoms with E-state index in [1.54, 1.807) is 33.0 Å². The lowest BCUT2D eigenvalue weighted by molar-refractivity contribution is -0.137. The molecule has 0 bridgehead atoms. The second-order valence-electron chi connectivity index (χ2n) is 4.87. The zero-order valence-corrected chi connectivity index (χ0v) is 11.3. The Hall–Kier alpha value is -2.11. The highest BCUT2D eigenvalue weighted by Crippen LogP contribution is 2.12. The highest BCUT2D eigenvalue weighted by atomic mass is 16.4. The number of hydrogen-bond acceptors (Lipinski definition) is 3. The molecule has 19 heavy (non-hydrogen) atoms. The fourth-order valence-electron chi connectivity index (χ4n) is 1.65. The molecule has 1 amide bonds. The van der Waals surface area contributed by atoms with E-state index in [4.69, 9.17) is 5.11 Å². The van der Waals surface area contributed by atoms with Crippen molar-refractivity contribution < 1.29 is 14.7 Å². The van der Waals surface area contributed by atoms with Crippen LogP contribution in [0.2, 0.25) is 0 Å². The second-order valence-corrected chi connectivity index (χ2v) is 4.87. The van der Waals surface area contributed by atoms with Crippen LogP contribution in [0.1, 0.15) is 25.8 Å². The van der Waals surface area contributed by atoms with Crippen molar-refractivity contribution in [3.05, 3.63) is 34.2 Å². The minimum Gasteiger partial charge on any atom is -0.481 e. The van der Waals surface area contributed by atoms with Gasteiger partial charge >= 0.3 is 5.97 Å². The van der Waals surface area contributed by atoms with E-state index < -0.39 is 11.5 Å². The molecule has 0 aromatic carbocycles. The van der Waals surface area contributed by atoms with Crippen LogP contribution in [0.25, 0.3) is 0 Å². The van der Waals surface area contributed by atoms with Crippen molar-refractivity contribution in [1.29, 1.82) is 0 Å². The van der Waals surface area contributed by atoms with Crippen molar-refractivity contribution in [3.63, 3.8) is 0 Å². The number of aromatic nitrogens is 1. The highest BCUT2D eigenvalue weighted by Gasteiger charge is 2.30. The summed E-state index contributed by atoms with van der Waals surface area (Å²) in [6.45, 7) is 5.06. The zero-order valence-electron chi connectivity index (χ0n) is 11.3. The van der Waals surface area contributed by atoms with Crippen molar-refractivity contribution in [1.82, 2.24) is 9.88 Å². The first-order valence-electron chi connectivity index (χ1n) is 5.95. The molecule has 0 aliphatic heterocycles. The molecule has 0 saturated heterocycles. The molecule has 1 heterocycles. The average Bonchev–Trinajstić information content (AvgIpc) is 2.27. The van der Waals surface area contributed by atoms with E-state index >= 15 is 0 Å². The molecule has 1 aromatic rings. The predicted molar refractivity (Wildman–Crippen MR) is 70.0 cm³/mol. The molecule has 6 heteroatoms. The van der Waals surface area contributed by atoms with Gasteiger partial charge in [-0.2, -0.15) is 0 Å². The molecule has 0 atom stereocenters. The molecule has 0 saturated carbocycles. The second kappa shape index (κ2) is 5.69. The maximum absolute atomic E-state index is 12.0. The fraction of sp³-hybridized carbons (Fsp3) is 0.462. The first-order valence-corrected chi connectivity index (χ1v) is 5.95. The molecule has 2 N–H and O–H groups in total. The smallest absolute Gasteiger partial charge is 0.305 e. The van der Waals surface area contributed by atoms with Crippen LogP contribution in [0, 0.1) is 6.92 Å². The summed E-state index contributed by atoms with van der Waals surface area (Å²) in [7, 11) is 0. The maximum atomic E-state index is 12.0. The molecule has 1 aromatic heterocycles. The Morgan fingerprint density at radius 2 is 2.05 bits per heavy atom. The third-order valence-electron chi connectivity index (χ3n) is 2.86. The largest absolute Gasteiger partial charge is 0.481 e. The minimum atomic E-state index is -1.07. The van der Waals surface area contributed by atoms with Crippen molar-refractivity contribution in [2.24, 2.45) is 0 Å². The average molecular weight is 266 g/mol. The van der Waals surface area contributed by atoms with Gasteiger partial charge in [0.1, 0.15) is 5.54 Å². The van der Waals surface area contributed by atoms with Crippen LogP contribution < -0.4 is 10.9 Å². The van der Waals surface area contributed by atoms with E-state index in [9.17, 15) is 14.4 Å². The number of rotatable bonds is 5. The van der Waals surface area contributed by atoms with Crippen molar-refractivity contribution in [2.45, 2.75) is 32.7 Å². The quantitative estimate of drug-likeness (QED) is 0.811. The Bertz CT molecular complexity index is 546. The molecule has 0 fully saturated rings. The van der Waals surface area contributed by atoms with Crippen LogP contribution in [-0.2, 0) is 15.1 Å². The summed E-state index contributed by atoms with van der Waals surface area (Å²) in [4.78, 5) is 34.3. The number of hydrogen-bond donors (Lipinski definition) is 2. The monoisotopic (exact) mass is 266 g/mol.